The highest BCUT2D eigenvalue weighted by Crippen LogP contribution is 2.30. The molecule has 0 saturated heterocycles. The van der Waals surface area contributed by atoms with Crippen molar-refractivity contribution >= 4 is 28.8 Å². The number of methoxy groups -OCH3 is 1. The van der Waals surface area contributed by atoms with Gasteiger partial charge in [-0.15, -0.1) is 0 Å². The number of hydrogen-bond donors (Lipinski definition) is 2. The molecule has 0 bridgehead atoms. The lowest BCUT2D eigenvalue weighted by Gasteiger charge is -2.13. The highest BCUT2D eigenvalue weighted by Gasteiger charge is 2.08. The van der Waals surface area contributed by atoms with E-state index in [1.807, 2.05) is 25.1 Å². The van der Waals surface area contributed by atoms with Crippen molar-refractivity contribution in [2.45, 2.75) is 6.92 Å². The highest BCUT2D eigenvalue weighted by atomic mass is 35.5. The number of ether oxygens (including phenoxy) is 1. The van der Waals surface area contributed by atoms with Gasteiger partial charge in [-0.1, -0.05) is 23.7 Å². The topological polar surface area (TPSA) is 60.2 Å². The predicted molar refractivity (Wildman–Crippen MR) is 74.7 cm³/mol. The summed E-state index contributed by atoms with van der Waals surface area (Å²) in [5.41, 5.74) is 8.22. The normalized spacial score (nSPS) is 10.2. The van der Waals surface area contributed by atoms with Crippen LogP contribution in [0.4, 0.5) is 17.2 Å². The molecule has 0 atom stereocenters. The second kappa shape index (κ2) is 5.14. The van der Waals surface area contributed by atoms with Crippen LogP contribution in [-0.4, -0.2) is 12.1 Å². The number of benzene rings is 1. The van der Waals surface area contributed by atoms with Crippen molar-refractivity contribution in [1.82, 2.24) is 4.98 Å². The van der Waals surface area contributed by atoms with Gasteiger partial charge in [0.2, 0.25) is 5.88 Å². The van der Waals surface area contributed by atoms with Gasteiger partial charge in [-0.3, -0.25) is 0 Å². The van der Waals surface area contributed by atoms with E-state index >= 15 is 0 Å². The van der Waals surface area contributed by atoms with Crippen LogP contribution in [0.5, 0.6) is 5.88 Å². The standard InChI is InChI=1S/C13H14ClN3O/c1-8-4-3-5-9(14)12(8)17-13-10(15)6-7-11(16-13)18-2/h3-7H,15H2,1-2H3,(H,16,17). The minimum Gasteiger partial charge on any atom is -0.481 e. The molecule has 0 unspecified atom stereocenters. The third-order valence-electron chi connectivity index (χ3n) is 2.58. The van der Waals surface area contributed by atoms with E-state index in [2.05, 4.69) is 10.3 Å². The molecule has 3 N–H and O–H groups in total. The molecular weight excluding hydrogens is 250 g/mol. The summed E-state index contributed by atoms with van der Waals surface area (Å²) in [4.78, 5) is 4.25. The Labute approximate surface area is 111 Å². The predicted octanol–water partition coefficient (Wildman–Crippen LogP) is 3.38. The van der Waals surface area contributed by atoms with E-state index in [0.29, 0.717) is 22.4 Å². The first kappa shape index (κ1) is 12.5. The average molecular weight is 264 g/mol. The molecule has 2 rings (SSSR count). The van der Waals surface area contributed by atoms with Gasteiger partial charge in [0.25, 0.3) is 0 Å². The van der Waals surface area contributed by atoms with Crippen molar-refractivity contribution in [1.29, 1.82) is 0 Å². The first-order valence-electron chi connectivity index (χ1n) is 5.44. The third kappa shape index (κ3) is 2.49. The fourth-order valence-electron chi connectivity index (χ4n) is 1.57. The van der Waals surface area contributed by atoms with E-state index in [9.17, 15) is 0 Å². The number of aryl methyl sites for hydroxylation is 1. The number of anilines is 3. The number of nitrogens with zero attached hydrogens (tertiary/aromatic N) is 1. The quantitative estimate of drug-likeness (QED) is 0.891. The van der Waals surface area contributed by atoms with Gasteiger partial charge in [0.1, 0.15) is 0 Å². The van der Waals surface area contributed by atoms with Crippen LogP contribution in [0.25, 0.3) is 0 Å². The first-order chi connectivity index (χ1) is 8.61. The van der Waals surface area contributed by atoms with Crippen LogP contribution in [0.3, 0.4) is 0 Å². The smallest absolute Gasteiger partial charge is 0.215 e. The molecule has 4 nitrogen and oxygen atoms in total. The maximum Gasteiger partial charge on any atom is 0.215 e. The minimum atomic E-state index is 0.497. The Bertz CT molecular complexity index is 552. The molecule has 0 aliphatic rings. The molecule has 0 radical (unpaired) electrons. The summed E-state index contributed by atoms with van der Waals surface area (Å²) in [6.45, 7) is 1.96. The van der Waals surface area contributed by atoms with E-state index in [4.69, 9.17) is 22.1 Å². The Morgan fingerprint density at radius 3 is 2.72 bits per heavy atom. The number of halogens is 1. The van der Waals surface area contributed by atoms with Crippen molar-refractivity contribution < 1.29 is 4.74 Å². The van der Waals surface area contributed by atoms with E-state index < -0.39 is 0 Å². The van der Waals surface area contributed by atoms with E-state index in [1.165, 1.54) is 0 Å². The number of nitrogens with one attached hydrogen (secondary N) is 1. The molecule has 0 aliphatic heterocycles. The van der Waals surface area contributed by atoms with Gasteiger partial charge in [-0.2, -0.15) is 4.98 Å². The zero-order valence-electron chi connectivity index (χ0n) is 10.2. The largest absolute Gasteiger partial charge is 0.481 e. The van der Waals surface area contributed by atoms with Gasteiger partial charge in [-0.25, -0.2) is 0 Å². The molecule has 2 aromatic rings. The van der Waals surface area contributed by atoms with Crippen LogP contribution in [0, 0.1) is 6.92 Å². The first-order valence-corrected chi connectivity index (χ1v) is 5.82. The van der Waals surface area contributed by atoms with E-state index in [-0.39, 0.29) is 0 Å². The van der Waals surface area contributed by atoms with Crippen LogP contribution in [0.1, 0.15) is 5.56 Å². The monoisotopic (exact) mass is 263 g/mol. The summed E-state index contributed by atoms with van der Waals surface area (Å²) in [5.74, 6) is 1.03. The second-order valence-corrected chi connectivity index (χ2v) is 4.26. The summed E-state index contributed by atoms with van der Waals surface area (Å²) in [6.07, 6.45) is 0. The van der Waals surface area contributed by atoms with Crippen LogP contribution < -0.4 is 15.8 Å². The summed E-state index contributed by atoms with van der Waals surface area (Å²) >= 11 is 6.14. The van der Waals surface area contributed by atoms with Crippen LogP contribution in [-0.2, 0) is 0 Å². The molecule has 0 aliphatic carbocycles. The lowest BCUT2D eigenvalue weighted by Crippen LogP contribution is -2.02. The highest BCUT2D eigenvalue weighted by molar-refractivity contribution is 6.33. The van der Waals surface area contributed by atoms with Crippen molar-refractivity contribution in [3.63, 3.8) is 0 Å². The Hall–Kier alpha value is -1.94. The molecule has 5 heteroatoms. The Morgan fingerprint density at radius 1 is 1.28 bits per heavy atom. The Balaban J connectivity index is 2.39. The molecule has 1 heterocycles. The summed E-state index contributed by atoms with van der Waals surface area (Å²) in [5, 5.41) is 3.76. The molecular formula is C13H14ClN3O. The molecule has 0 spiro atoms. The van der Waals surface area contributed by atoms with Crippen LogP contribution >= 0.6 is 11.6 Å². The second-order valence-electron chi connectivity index (χ2n) is 3.85. The minimum absolute atomic E-state index is 0.497. The van der Waals surface area contributed by atoms with Gasteiger partial charge < -0.3 is 15.8 Å². The number of aromatic nitrogens is 1. The molecule has 0 amide bonds. The SMILES string of the molecule is COc1ccc(N)c(Nc2c(C)cccc2Cl)n1. The van der Waals surface area contributed by atoms with Gasteiger partial charge in [0.15, 0.2) is 5.82 Å². The number of hydrogen-bond acceptors (Lipinski definition) is 4. The lowest BCUT2D eigenvalue weighted by molar-refractivity contribution is 0.398. The van der Waals surface area contributed by atoms with Crippen LogP contribution in [0.2, 0.25) is 5.02 Å². The van der Waals surface area contributed by atoms with Crippen molar-refractivity contribution in [2.24, 2.45) is 0 Å². The zero-order chi connectivity index (χ0) is 13.1. The third-order valence-corrected chi connectivity index (χ3v) is 2.89. The van der Waals surface area contributed by atoms with Crippen molar-refractivity contribution in [3.05, 3.63) is 40.9 Å². The summed E-state index contributed by atoms with van der Waals surface area (Å²) in [7, 11) is 1.56. The molecule has 0 fully saturated rings. The molecule has 1 aromatic heterocycles. The number of nitrogen functional groups attached to an aromatic ring is 1. The molecule has 94 valence electrons. The zero-order valence-corrected chi connectivity index (χ0v) is 11.0. The molecule has 0 saturated carbocycles. The van der Waals surface area contributed by atoms with Crippen molar-refractivity contribution in [3.8, 4) is 5.88 Å². The lowest BCUT2D eigenvalue weighted by atomic mass is 10.2. The number of pyridine rings is 1. The number of para-hydroxylation sites is 1. The van der Waals surface area contributed by atoms with Gasteiger partial charge in [-0.05, 0) is 24.6 Å². The average Bonchev–Trinajstić information content (AvgIpc) is 2.36. The maximum atomic E-state index is 6.14. The number of rotatable bonds is 3. The fraction of sp³-hybridized carbons (Fsp3) is 0.154. The maximum absolute atomic E-state index is 6.14. The summed E-state index contributed by atoms with van der Waals surface area (Å²) in [6, 6.07) is 9.11. The van der Waals surface area contributed by atoms with Gasteiger partial charge in [0.05, 0.1) is 23.5 Å². The molecule has 18 heavy (non-hydrogen) atoms. The Morgan fingerprint density at radius 2 is 2.06 bits per heavy atom. The fourth-order valence-corrected chi connectivity index (χ4v) is 1.84. The van der Waals surface area contributed by atoms with Gasteiger partial charge >= 0.3 is 0 Å². The van der Waals surface area contributed by atoms with Gasteiger partial charge in [0, 0.05) is 6.07 Å². The number of nitrogens with two attached hydrogens (primary N) is 1. The van der Waals surface area contributed by atoms with E-state index in [1.54, 1.807) is 19.2 Å². The van der Waals surface area contributed by atoms with E-state index in [0.717, 1.165) is 11.3 Å². The Kier molecular flexibility index (Phi) is 3.58. The summed E-state index contributed by atoms with van der Waals surface area (Å²) < 4.78 is 5.07. The van der Waals surface area contributed by atoms with Crippen molar-refractivity contribution in [2.75, 3.05) is 18.2 Å². The van der Waals surface area contributed by atoms with Crippen LogP contribution in [0.15, 0.2) is 30.3 Å². The molecule has 1 aromatic carbocycles.